The van der Waals surface area contributed by atoms with Crippen molar-refractivity contribution in [3.63, 3.8) is 0 Å². The highest BCUT2D eigenvalue weighted by atomic mass is 32.2. The number of carboxylic acid groups (broad SMARTS) is 1. The summed E-state index contributed by atoms with van der Waals surface area (Å²) in [6, 6.07) is -0.800. The third-order valence-electron chi connectivity index (χ3n) is 6.15. The minimum absolute atomic E-state index is 0.0501. The molecule has 0 spiro atoms. The van der Waals surface area contributed by atoms with Crippen LogP contribution in [0.25, 0.3) is 0 Å². The molecule has 2 aromatic rings. The van der Waals surface area contributed by atoms with E-state index in [-0.39, 0.29) is 24.6 Å². The molecule has 2 aliphatic rings. The molecule has 13 nitrogen and oxygen atoms in total. The largest absolute Gasteiger partial charge is 0.477 e. The number of hydrogen-bond donors (Lipinski definition) is 3. The second-order valence-electron chi connectivity index (χ2n) is 8.54. The van der Waals surface area contributed by atoms with Crippen LogP contribution in [-0.4, -0.2) is 88.5 Å². The van der Waals surface area contributed by atoms with Crippen LogP contribution in [0.2, 0.25) is 0 Å². The summed E-state index contributed by atoms with van der Waals surface area (Å²) in [5, 5.41) is 23.8. The predicted molar refractivity (Wildman–Crippen MR) is 134 cm³/mol. The predicted octanol–water partition coefficient (Wildman–Crippen LogP) is 0.795. The van der Waals surface area contributed by atoms with Crippen molar-refractivity contribution in [1.82, 2.24) is 35.4 Å². The Bertz CT molecular complexity index is 1290. The van der Waals surface area contributed by atoms with Crippen LogP contribution in [-0.2, 0) is 32.6 Å². The van der Waals surface area contributed by atoms with E-state index in [9.17, 15) is 24.3 Å². The van der Waals surface area contributed by atoms with Crippen LogP contribution in [0.1, 0.15) is 40.7 Å². The molecule has 2 aliphatic heterocycles. The number of aromatic amines is 1. The van der Waals surface area contributed by atoms with Crippen LogP contribution >= 0.6 is 23.5 Å². The smallest absolute Gasteiger partial charge is 0.352 e. The molecule has 0 saturated carbocycles. The van der Waals surface area contributed by atoms with Crippen LogP contribution in [0.4, 0.5) is 0 Å². The summed E-state index contributed by atoms with van der Waals surface area (Å²) in [4.78, 5) is 54.2. The van der Waals surface area contributed by atoms with Gasteiger partial charge < -0.3 is 20.1 Å². The lowest BCUT2D eigenvalue weighted by Gasteiger charge is -2.49. The lowest BCUT2D eigenvalue weighted by Crippen LogP contribution is -2.70. The molecule has 2 amide bonds. The zero-order valence-corrected chi connectivity index (χ0v) is 22.4. The standard InChI is InChI=1S/C22H27N7O6S2/c1-5-35-21(34)15-10(2)13(23-11(15)3)6-7-14(30)24-16-18(31)29-17(20(32)33)12(8-36-19(16)29)9-37-22-25-26-27-28(22)4/h16,19,23H,5-9H2,1-4H3,(H,24,30)(H,32,33)/t16-,19-/m1/s1. The molecule has 2 atom stereocenters. The SMILES string of the molecule is CCOC(=O)c1c(C)[nH]c(CCC(=O)N[C@@H]2C(=O)N3C(C(=O)O)=C(CSc4nnnn4C)CS[C@H]23)c1C. The Morgan fingerprint density at radius 3 is 2.73 bits per heavy atom. The number of thioether (sulfide) groups is 2. The Morgan fingerprint density at radius 2 is 2.08 bits per heavy atom. The van der Waals surface area contributed by atoms with Crippen molar-refractivity contribution in [3.8, 4) is 0 Å². The first-order chi connectivity index (χ1) is 17.6. The molecule has 0 aliphatic carbocycles. The molecule has 4 rings (SSSR count). The molecule has 198 valence electrons. The number of fused-ring (bicyclic) bond motifs is 1. The van der Waals surface area contributed by atoms with Crippen LogP contribution in [0.15, 0.2) is 16.4 Å². The van der Waals surface area contributed by atoms with Crippen molar-refractivity contribution in [2.45, 2.75) is 50.2 Å². The highest BCUT2D eigenvalue weighted by Crippen LogP contribution is 2.41. The Hall–Kier alpha value is -3.33. The maximum atomic E-state index is 12.9. The number of carbonyl (C=O) groups is 4. The highest BCUT2D eigenvalue weighted by molar-refractivity contribution is 8.01. The molecule has 1 fully saturated rings. The van der Waals surface area contributed by atoms with E-state index in [1.165, 1.54) is 33.1 Å². The monoisotopic (exact) mass is 549 g/mol. The van der Waals surface area contributed by atoms with E-state index in [1.54, 1.807) is 27.8 Å². The molecule has 0 aromatic carbocycles. The van der Waals surface area contributed by atoms with E-state index in [2.05, 4.69) is 25.8 Å². The maximum Gasteiger partial charge on any atom is 0.352 e. The normalized spacial score (nSPS) is 18.9. The number of nitrogens with one attached hydrogen (secondary N) is 2. The van der Waals surface area contributed by atoms with Gasteiger partial charge in [-0.05, 0) is 48.8 Å². The third-order valence-corrected chi connectivity index (χ3v) is 8.58. The van der Waals surface area contributed by atoms with Crippen molar-refractivity contribution < 1.29 is 29.0 Å². The number of hydrogen-bond acceptors (Lipinski definition) is 10. The number of esters is 1. The Kier molecular flexibility index (Phi) is 7.92. The van der Waals surface area contributed by atoms with E-state index in [0.717, 1.165) is 11.3 Å². The van der Waals surface area contributed by atoms with Crippen molar-refractivity contribution in [2.24, 2.45) is 7.05 Å². The van der Waals surface area contributed by atoms with E-state index in [0.29, 0.717) is 39.9 Å². The van der Waals surface area contributed by atoms with E-state index in [4.69, 9.17) is 4.74 Å². The number of ether oxygens (including phenoxy) is 1. The van der Waals surface area contributed by atoms with E-state index >= 15 is 0 Å². The summed E-state index contributed by atoms with van der Waals surface area (Å²) in [6.45, 7) is 5.58. The number of carbonyl (C=O) groups excluding carboxylic acids is 3. The van der Waals surface area contributed by atoms with Crippen LogP contribution < -0.4 is 5.32 Å². The molecule has 0 unspecified atom stereocenters. The quantitative estimate of drug-likeness (QED) is 0.217. The second kappa shape index (κ2) is 11.0. The number of aliphatic carboxylic acids is 1. The fraction of sp³-hybridized carbons (Fsp3) is 0.500. The number of tetrazole rings is 1. The third kappa shape index (κ3) is 5.23. The van der Waals surface area contributed by atoms with E-state index < -0.39 is 29.3 Å². The zero-order valence-electron chi connectivity index (χ0n) is 20.7. The fourth-order valence-electron chi connectivity index (χ4n) is 4.35. The van der Waals surface area contributed by atoms with Gasteiger partial charge in [-0.25, -0.2) is 14.3 Å². The van der Waals surface area contributed by atoms with Crippen LogP contribution in [0, 0.1) is 13.8 Å². The zero-order chi connectivity index (χ0) is 26.9. The number of nitrogens with zero attached hydrogens (tertiary/aromatic N) is 5. The van der Waals surface area contributed by atoms with Crippen molar-refractivity contribution in [2.75, 3.05) is 18.1 Å². The van der Waals surface area contributed by atoms with Crippen molar-refractivity contribution >= 4 is 47.3 Å². The summed E-state index contributed by atoms with van der Waals surface area (Å²) in [6.07, 6.45) is 0.443. The molecule has 3 N–H and O–H groups in total. The molecular formula is C22H27N7O6S2. The fourth-order valence-corrected chi connectivity index (χ4v) is 6.68. The Balaban J connectivity index is 1.37. The summed E-state index contributed by atoms with van der Waals surface area (Å²) in [5.41, 5.74) is 3.17. The average molecular weight is 550 g/mol. The highest BCUT2D eigenvalue weighted by Gasteiger charge is 2.54. The van der Waals surface area contributed by atoms with Crippen molar-refractivity contribution in [1.29, 1.82) is 0 Å². The van der Waals surface area contributed by atoms with Crippen LogP contribution in [0.5, 0.6) is 0 Å². The van der Waals surface area contributed by atoms with Crippen LogP contribution in [0.3, 0.4) is 0 Å². The first-order valence-corrected chi connectivity index (χ1v) is 13.6. The van der Waals surface area contributed by atoms with Gasteiger partial charge in [0, 0.05) is 36.4 Å². The number of H-pyrrole nitrogens is 1. The van der Waals surface area contributed by atoms with Gasteiger partial charge in [0.1, 0.15) is 17.1 Å². The number of rotatable bonds is 10. The average Bonchev–Trinajstić information content (AvgIpc) is 3.39. The van der Waals surface area contributed by atoms with Gasteiger partial charge in [0.25, 0.3) is 5.91 Å². The van der Waals surface area contributed by atoms with Gasteiger partial charge in [-0.15, -0.1) is 16.9 Å². The number of aryl methyl sites for hydroxylation is 3. The first kappa shape index (κ1) is 26.7. The van der Waals surface area contributed by atoms with Gasteiger partial charge >= 0.3 is 11.9 Å². The summed E-state index contributed by atoms with van der Waals surface area (Å²) < 4.78 is 6.58. The summed E-state index contributed by atoms with van der Waals surface area (Å²) >= 11 is 2.69. The molecule has 0 bridgehead atoms. The summed E-state index contributed by atoms with van der Waals surface area (Å²) in [7, 11) is 1.68. The molecule has 2 aromatic heterocycles. The van der Waals surface area contributed by atoms with Crippen molar-refractivity contribution in [3.05, 3.63) is 33.8 Å². The van der Waals surface area contributed by atoms with Gasteiger partial charge in [-0.2, -0.15) is 0 Å². The molecule has 0 radical (unpaired) electrons. The second-order valence-corrected chi connectivity index (χ2v) is 10.6. The van der Waals surface area contributed by atoms with Gasteiger partial charge in [0.05, 0.1) is 12.2 Å². The molecule has 4 heterocycles. The maximum absolute atomic E-state index is 12.9. The lowest BCUT2D eigenvalue weighted by molar-refractivity contribution is -0.150. The Labute approximate surface area is 220 Å². The van der Waals surface area contributed by atoms with Gasteiger partial charge in [-0.1, -0.05) is 11.8 Å². The molecule has 37 heavy (non-hydrogen) atoms. The molecular weight excluding hydrogens is 522 g/mol. The number of β-lactam (4-membered cyclic amide) rings is 1. The Morgan fingerprint density at radius 1 is 1.32 bits per heavy atom. The topological polar surface area (TPSA) is 172 Å². The minimum atomic E-state index is -1.19. The lowest BCUT2D eigenvalue weighted by atomic mass is 10.0. The summed E-state index contributed by atoms with van der Waals surface area (Å²) in [5.74, 6) is -1.67. The first-order valence-electron chi connectivity index (χ1n) is 11.5. The molecule has 1 saturated heterocycles. The van der Waals surface area contributed by atoms with E-state index in [1.807, 2.05) is 0 Å². The molecule has 15 heteroatoms. The minimum Gasteiger partial charge on any atom is -0.477 e. The number of carboxylic acids is 1. The van der Waals surface area contributed by atoms with Gasteiger partial charge in [0.15, 0.2) is 0 Å². The number of amides is 2. The van der Waals surface area contributed by atoms with Gasteiger partial charge in [-0.3, -0.25) is 14.5 Å². The van der Waals surface area contributed by atoms with Gasteiger partial charge in [0.2, 0.25) is 11.1 Å². The number of aromatic nitrogens is 5.